The van der Waals surface area contributed by atoms with Gasteiger partial charge in [0.25, 0.3) is 0 Å². The monoisotopic (exact) mass is 253 g/mol. The second-order valence-corrected chi connectivity index (χ2v) is 5.27. The molecule has 0 spiro atoms. The molecule has 1 heteroatoms. The normalized spacial score (nSPS) is 10.9. The molecule has 0 heterocycles. The minimum absolute atomic E-state index is 0.480. The zero-order valence-corrected chi connectivity index (χ0v) is 12.1. The maximum Gasteiger partial charge on any atom is 0.0101 e. The Bertz CT molecular complexity index is 451. The summed E-state index contributed by atoms with van der Waals surface area (Å²) in [5.74, 6) is 0.480. The summed E-state index contributed by atoms with van der Waals surface area (Å²) < 4.78 is 0. The highest BCUT2D eigenvalue weighted by atomic mass is 14.8. The summed E-state index contributed by atoms with van der Waals surface area (Å²) in [6.45, 7) is 5.31. The SMILES string of the molecule is CNCCC(c1ccc(C)cc1)c1ccc(C)cc1. The minimum atomic E-state index is 0.480. The highest BCUT2D eigenvalue weighted by Crippen LogP contribution is 2.28. The first-order valence-electron chi connectivity index (χ1n) is 6.98. The predicted octanol–water partition coefficient (Wildman–Crippen LogP) is 4.04. The van der Waals surface area contributed by atoms with Gasteiger partial charge in [-0.15, -0.1) is 0 Å². The maximum atomic E-state index is 3.26. The summed E-state index contributed by atoms with van der Waals surface area (Å²) in [6, 6.07) is 17.9. The van der Waals surface area contributed by atoms with Crippen LogP contribution in [0.3, 0.4) is 0 Å². The molecule has 0 aliphatic carbocycles. The lowest BCUT2D eigenvalue weighted by molar-refractivity contribution is 0.661. The minimum Gasteiger partial charge on any atom is -0.320 e. The Morgan fingerprint density at radius 1 is 0.789 bits per heavy atom. The van der Waals surface area contributed by atoms with Crippen molar-refractivity contribution >= 4 is 0 Å². The van der Waals surface area contributed by atoms with E-state index in [4.69, 9.17) is 0 Å². The van der Waals surface area contributed by atoms with Crippen molar-refractivity contribution in [2.45, 2.75) is 26.2 Å². The fraction of sp³-hybridized carbons (Fsp3) is 0.333. The van der Waals surface area contributed by atoms with E-state index in [1.54, 1.807) is 0 Å². The molecule has 0 radical (unpaired) electrons. The largest absolute Gasteiger partial charge is 0.320 e. The Hall–Kier alpha value is -1.60. The lowest BCUT2D eigenvalue weighted by Crippen LogP contribution is -2.13. The van der Waals surface area contributed by atoms with Crippen LogP contribution in [0.25, 0.3) is 0 Å². The van der Waals surface area contributed by atoms with Gasteiger partial charge < -0.3 is 5.32 Å². The van der Waals surface area contributed by atoms with Gasteiger partial charge in [-0.2, -0.15) is 0 Å². The molecular weight excluding hydrogens is 230 g/mol. The van der Waals surface area contributed by atoms with Gasteiger partial charge >= 0.3 is 0 Å². The Labute approximate surface area is 116 Å². The van der Waals surface area contributed by atoms with Gasteiger partial charge in [-0.3, -0.25) is 0 Å². The summed E-state index contributed by atoms with van der Waals surface area (Å²) in [4.78, 5) is 0. The first-order chi connectivity index (χ1) is 9.20. The average molecular weight is 253 g/mol. The van der Waals surface area contributed by atoms with E-state index in [-0.39, 0.29) is 0 Å². The quantitative estimate of drug-likeness (QED) is 0.848. The van der Waals surface area contributed by atoms with E-state index >= 15 is 0 Å². The van der Waals surface area contributed by atoms with Crippen molar-refractivity contribution in [2.75, 3.05) is 13.6 Å². The molecule has 0 unspecified atom stereocenters. The van der Waals surface area contributed by atoms with Gasteiger partial charge in [0, 0.05) is 5.92 Å². The van der Waals surface area contributed by atoms with Crippen LogP contribution in [0.4, 0.5) is 0 Å². The summed E-state index contributed by atoms with van der Waals surface area (Å²) in [7, 11) is 2.02. The highest BCUT2D eigenvalue weighted by molar-refractivity contribution is 5.35. The van der Waals surface area contributed by atoms with Crippen LogP contribution in [0, 0.1) is 13.8 Å². The van der Waals surface area contributed by atoms with Gasteiger partial charge in [-0.1, -0.05) is 59.7 Å². The summed E-state index contributed by atoms with van der Waals surface area (Å²) in [5, 5.41) is 3.26. The molecule has 0 fully saturated rings. The predicted molar refractivity (Wildman–Crippen MR) is 82.7 cm³/mol. The molecule has 0 saturated carbocycles. The molecule has 0 saturated heterocycles. The van der Waals surface area contributed by atoms with Crippen molar-refractivity contribution in [2.24, 2.45) is 0 Å². The van der Waals surface area contributed by atoms with Crippen molar-refractivity contribution in [1.29, 1.82) is 0 Å². The van der Waals surface area contributed by atoms with Gasteiger partial charge in [-0.05, 0) is 45.0 Å². The molecule has 0 bridgehead atoms. The topological polar surface area (TPSA) is 12.0 Å². The smallest absolute Gasteiger partial charge is 0.0101 e. The van der Waals surface area contributed by atoms with E-state index in [2.05, 4.69) is 67.7 Å². The molecule has 1 nitrogen and oxygen atoms in total. The Balaban J connectivity index is 2.29. The van der Waals surface area contributed by atoms with Gasteiger partial charge in [-0.25, -0.2) is 0 Å². The number of aryl methyl sites for hydroxylation is 2. The van der Waals surface area contributed by atoms with Crippen LogP contribution >= 0.6 is 0 Å². The van der Waals surface area contributed by atoms with Crippen LogP contribution in [0.1, 0.15) is 34.6 Å². The molecule has 100 valence electrons. The molecule has 0 aromatic heterocycles. The van der Waals surface area contributed by atoms with Crippen molar-refractivity contribution < 1.29 is 0 Å². The number of rotatable bonds is 5. The first-order valence-corrected chi connectivity index (χ1v) is 6.98. The van der Waals surface area contributed by atoms with E-state index in [0.717, 1.165) is 13.0 Å². The zero-order chi connectivity index (χ0) is 13.7. The third-order valence-electron chi connectivity index (χ3n) is 3.64. The van der Waals surface area contributed by atoms with E-state index in [1.807, 2.05) is 7.05 Å². The van der Waals surface area contributed by atoms with Crippen LogP contribution in [0.5, 0.6) is 0 Å². The summed E-state index contributed by atoms with van der Waals surface area (Å²) in [5.41, 5.74) is 5.45. The Morgan fingerprint density at radius 3 is 1.58 bits per heavy atom. The number of hydrogen-bond acceptors (Lipinski definition) is 1. The second kappa shape index (κ2) is 6.53. The van der Waals surface area contributed by atoms with Crippen LogP contribution < -0.4 is 5.32 Å². The average Bonchev–Trinajstić information content (AvgIpc) is 2.43. The van der Waals surface area contributed by atoms with Gasteiger partial charge in [0.2, 0.25) is 0 Å². The van der Waals surface area contributed by atoms with Crippen LogP contribution in [0.15, 0.2) is 48.5 Å². The Morgan fingerprint density at radius 2 is 1.21 bits per heavy atom. The van der Waals surface area contributed by atoms with Crippen LogP contribution in [0.2, 0.25) is 0 Å². The highest BCUT2D eigenvalue weighted by Gasteiger charge is 2.13. The summed E-state index contributed by atoms with van der Waals surface area (Å²) in [6.07, 6.45) is 1.13. The Kier molecular flexibility index (Phi) is 4.75. The van der Waals surface area contributed by atoms with E-state index in [9.17, 15) is 0 Å². The second-order valence-electron chi connectivity index (χ2n) is 5.27. The number of nitrogens with one attached hydrogen (secondary N) is 1. The van der Waals surface area contributed by atoms with E-state index in [0.29, 0.717) is 5.92 Å². The molecule has 1 N–H and O–H groups in total. The third-order valence-corrected chi connectivity index (χ3v) is 3.64. The maximum absolute atomic E-state index is 3.26. The van der Waals surface area contributed by atoms with Crippen molar-refractivity contribution in [3.8, 4) is 0 Å². The van der Waals surface area contributed by atoms with E-state index < -0.39 is 0 Å². The number of hydrogen-bond donors (Lipinski definition) is 1. The summed E-state index contributed by atoms with van der Waals surface area (Å²) >= 11 is 0. The fourth-order valence-electron chi connectivity index (χ4n) is 2.41. The fourth-order valence-corrected chi connectivity index (χ4v) is 2.41. The van der Waals surface area contributed by atoms with Crippen LogP contribution in [-0.4, -0.2) is 13.6 Å². The molecular formula is C18H23N. The molecule has 2 aromatic rings. The van der Waals surface area contributed by atoms with Crippen molar-refractivity contribution in [3.63, 3.8) is 0 Å². The zero-order valence-electron chi connectivity index (χ0n) is 12.1. The molecule has 0 atom stereocenters. The molecule has 0 aliphatic heterocycles. The van der Waals surface area contributed by atoms with Crippen LogP contribution in [-0.2, 0) is 0 Å². The molecule has 0 aliphatic rings. The van der Waals surface area contributed by atoms with Gasteiger partial charge in [0.1, 0.15) is 0 Å². The van der Waals surface area contributed by atoms with E-state index in [1.165, 1.54) is 22.3 Å². The van der Waals surface area contributed by atoms with Gasteiger partial charge in [0.15, 0.2) is 0 Å². The third kappa shape index (κ3) is 3.68. The molecule has 0 amide bonds. The van der Waals surface area contributed by atoms with Crippen molar-refractivity contribution in [1.82, 2.24) is 5.32 Å². The molecule has 2 rings (SSSR count). The molecule has 19 heavy (non-hydrogen) atoms. The van der Waals surface area contributed by atoms with Gasteiger partial charge in [0.05, 0.1) is 0 Å². The van der Waals surface area contributed by atoms with Crippen molar-refractivity contribution in [3.05, 3.63) is 70.8 Å². The lowest BCUT2D eigenvalue weighted by atomic mass is 9.88. The standard InChI is InChI=1S/C18H23N/c1-14-4-8-16(9-5-14)18(12-13-19-3)17-10-6-15(2)7-11-17/h4-11,18-19H,12-13H2,1-3H3. The molecule has 2 aromatic carbocycles. The lowest BCUT2D eigenvalue weighted by Gasteiger charge is -2.18. The number of benzene rings is 2. The first kappa shape index (κ1) is 13.8.